The van der Waals surface area contributed by atoms with Gasteiger partial charge in [0.1, 0.15) is 11.6 Å². The van der Waals surface area contributed by atoms with E-state index in [4.69, 9.17) is 0 Å². The average molecular weight is 341 g/mol. The van der Waals surface area contributed by atoms with Crippen LogP contribution in [-0.4, -0.2) is 6.03 Å². The number of carbonyl (C=O) groups excluding carboxylic acids is 1. The van der Waals surface area contributed by atoms with Crippen LogP contribution in [-0.2, 0) is 6.54 Å². The van der Waals surface area contributed by atoms with Crippen LogP contribution >= 0.6 is 15.9 Å². The van der Waals surface area contributed by atoms with Gasteiger partial charge in [-0.05, 0) is 30.3 Å². The Balaban J connectivity index is 1.90. The molecule has 0 aromatic heterocycles. The second kappa shape index (κ2) is 6.47. The van der Waals surface area contributed by atoms with Gasteiger partial charge in [0.2, 0.25) is 0 Å². The van der Waals surface area contributed by atoms with Gasteiger partial charge < -0.3 is 10.6 Å². The molecule has 0 aliphatic rings. The lowest BCUT2D eigenvalue weighted by atomic mass is 10.2. The minimum atomic E-state index is -0.686. The van der Waals surface area contributed by atoms with Gasteiger partial charge in [-0.3, -0.25) is 0 Å². The fourth-order valence-electron chi connectivity index (χ4n) is 1.55. The first-order valence-electron chi connectivity index (χ1n) is 5.79. The monoisotopic (exact) mass is 340 g/mol. The van der Waals surface area contributed by atoms with Gasteiger partial charge in [-0.1, -0.05) is 22.0 Å². The zero-order valence-corrected chi connectivity index (χ0v) is 11.9. The molecule has 0 atom stereocenters. The summed E-state index contributed by atoms with van der Waals surface area (Å²) < 4.78 is 27.0. The van der Waals surface area contributed by atoms with Crippen LogP contribution in [0.3, 0.4) is 0 Å². The van der Waals surface area contributed by atoms with Crippen molar-refractivity contribution in [2.45, 2.75) is 6.54 Å². The molecule has 0 bridgehead atoms. The zero-order chi connectivity index (χ0) is 14.5. The van der Waals surface area contributed by atoms with Crippen LogP contribution in [0.4, 0.5) is 19.3 Å². The zero-order valence-electron chi connectivity index (χ0n) is 10.3. The predicted molar refractivity (Wildman–Crippen MR) is 76.4 cm³/mol. The molecule has 20 heavy (non-hydrogen) atoms. The van der Waals surface area contributed by atoms with Crippen molar-refractivity contribution in [1.82, 2.24) is 5.32 Å². The summed E-state index contributed by atoms with van der Waals surface area (Å²) in [5, 5.41) is 5.10. The molecular weight excluding hydrogens is 330 g/mol. The highest BCUT2D eigenvalue weighted by Crippen LogP contribution is 2.14. The summed E-state index contributed by atoms with van der Waals surface area (Å²) >= 11 is 3.29. The maximum atomic E-state index is 13.4. The summed E-state index contributed by atoms with van der Waals surface area (Å²) in [7, 11) is 0. The van der Waals surface area contributed by atoms with Crippen molar-refractivity contribution >= 4 is 27.6 Å². The number of rotatable bonds is 3. The van der Waals surface area contributed by atoms with Crippen molar-refractivity contribution in [3.63, 3.8) is 0 Å². The molecular formula is C14H11BrF2N2O. The fourth-order valence-corrected chi connectivity index (χ4v) is 1.81. The highest BCUT2D eigenvalue weighted by atomic mass is 79.9. The Morgan fingerprint density at radius 1 is 1.10 bits per heavy atom. The molecule has 2 aromatic rings. The molecule has 2 aromatic carbocycles. The number of benzene rings is 2. The Morgan fingerprint density at radius 2 is 1.80 bits per heavy atom. The summed E-state index contributed by atoms with van der Waals surface area (Å²) in [6.07, 6.45) is 0. The predicted octanol–water partition coefficient (Wildman–Crippen LogP) is 4.05. The lowest BCUT2D eigenvalue weighted by Crippen LogP contribution is -2.28. The highest BCUT2D eigenvalue weighted by molar-refractivity contribution is 9.10. The molecule has 104 valence electrons. The summed E-state index contributed by atoms with van der Waals surface area (Å²) in [6, 6.07) is 9.78. The van der Waals surface area contributed by atoms with Crippen molar-refractivity contribution in [2.24, 2.45) is 0 Å². The van der Waals surface area contributed by atoms with Crippen molar-refractivity contribution in [2.75, 3.05) is 5.32 Å². The minimum Gasteiger partial charge on any atom is -0.334 e. The molecule has 3 nitrogen and oxygen atoms in total. The molecule has 0 spiro atoms. The third-order valence-electron chi connectivity index (χ3n) is 2.56. The highest BCUT2D eigenvalue weighted by Gasteiger charge is 2.06. The van der Waals surface area contributed by atoms with E-state index in [9.17, 15) is 13.6 Å². The van der Waals surface area contributed by atoms with E-state index in [2.05, 4.69) is 26.6 Å². The van der Waals surface area contributed by atoms with Crippen LogP contribution < -0.4 is 10.6 Å². The van der Waals surface area contributed by atoms with Crippen molar-refractivity contribution in [3.05, 3.63) is 64.1 Å². The average Bonchev–Trinajstić information content (AvgIpc) is 2.40. The summed E-state index contributed by atoms with van der Waals surface area (Å²) in [5.41, 5.74) is 0.836. The topological polar surface area (TPSA) is 41.1 Å². The van der Waals surface area contributed by atoms with Gasteiger partial charge in [0.25, 0.3) is 0 Å². The van der Waals surface area contributed by atoms with Gasteiger partial charge in [-0.15, -0.1) is 0 Å². The number of hydrogen-bond acceptors (Lipinski definition) is 1. The Kier molecular flexibility index (Phi) is 4.68. The lowest BCUT2D eigenvalue weighted by molar-refractivity contribution is 0.251. The number of urea groups is 1. The Labute approximate surface area is 123 Å². The number of amides is 2. The van der Waals surface area contributed by atoms with Gasteiger partial charge in [0, 0.05) is 28.3 Å². The molecule has 0 unspecified atom stereocenters. The Bertz CT molecular complexity index is 617. The second-order valence-corrected chi connectivity index (χ2v) is 4.97. The van der Waals surface area contributed by atoms with E-state index < -0.39 is 17.7 Å². The van der Waals surface area contributed by atoms with E-state index in [-0.39, 0.29) is 12.1 Å². The Hall–Kier alpha value is -1.95. The largest absolute Gasteiger partial charge is 0.334 e. The molecule has 6 heteroatoms. The van der Waals surface area contributed by atoms with Crippen LogP contribution in [0.25, 0.3) is 0 Å². The first-order valence-corrected chi connectivity index (χ1v) is 6.58. The lowest BCUT2D eigenvalue weighted by Gasteiger charge is -2.08. The molecule has 2 N–H and O–H groups in total. The fraction of sp³-hybridized carbons (Fsp3) is 0.0714. The summed E-state index contributed by atoms with van der Waals surface area (Å²) in [4.78, 5) is 11.6. The molecule has 0 aliphatic heterocycles. The quantitative estimate of drug-likeness (QED) is 0.869. The van der Waals surface area contributed by atoms with Crippen LogP contribution in [0.15, 0.2) is 46.9 Å². The molecule has 0 heterocycles. The van der Waals surface area contributed by atoms with Crippen molar-refractivity contribution in [3.8, 4) is 0 Å². The SMILES string of the molecule is O=C(NCc1ccc(F)cc1F)Nc1ccc(Br)cc1. The van der Waals surface area contributed by atoms with Crippen molar-refractivity contribution < 1.29 is 13.6 Å². The number of nitrogens with one attached hydrogen (secondary N) is 2. The number of anilines is 1. The number of halogens is 3. The molecule has 0 saturated heterocycles. The van der Waals surface area contributed by atoms with E-state index >= 15 is 0 Å². The maximum absolute atomic E-state index is 13.4. The van der Waals surface area contributed by atoms with E-state index in [1.807, 2.05) is 0 Å². The van der Waals surface area contributed by atoms with Crippen LogP contribution in [0.1, 0.15) is 5.56 Å². The summed E-state index contributed by atoms with van der Waals surface area (Å²) in [5.74, 6) is -1.33. The van der Waals surface area contributed by atoms with Crippen molar-refractivity contribution in [1.29, 1.82) is 0 Å². The van der Waals surface area contributed by atoms with E-state index in [0.29, 0.717) is 5.69 Å². The van der Waals surface area contributed by atoms with E-state index in [0.717, 1.165) is 16.6 Å². The third-order valence-corrected chi connectivity index (χ3v) is 3.09. The van der Waals surface area contributed by atoms with Crippen LogP contribution in [0.5, 0.6) is 0 Å². The number of carbonyl (C=O) groups is 1. The van der Waals surface area contributed by atoms with Gasteiger partial charge in [-0.25, -0.2) is 13.6 Å². The van der Waals surface area contributed by atoms with E-state index in [1.54, 1.807) is 24.3 Å². The van der Waals surface area contributed by atoms with Crippen LogP contribution in [0, 0.1) is 11.6 Å². The smallest absolute Gasteiger partial charge is 0.319 e. The first-order chi connectivity index (χ1) is 9.54. The molecule has 2 amide bonds. The van der Waals surface area contributed by atoms with Gasteiger partial charge in [0.05, 0.1) is 0 Å². The van der Waals surface area contributed by atoms with E-state index in [1.165, 1.54) is 6.07 Å². The minimum absolute atomic E-state index is 0.0194. The molecule has 0 aliphatic carbocycles. The second-order valence-electron chi connectivity index (χ2n) is 4.05. The first kappa shape index (κ1) is 14.5. The number of hydrogen-bond donors (Lipinski definition) is 2. The molecule has 0 radical (unpaired) electrons. The third kappa shape index (κ3) is 4.03. The van der Waals surface area contributed by atoms with Gasteiger partial charge >= 0.3 is 6.03 Å². The molecule has 2 rings (SSSR count). The standard InChI is InChI=1S/C14H11BrF2N2O/c15-10-2-5-12(6-3-10)19-14(20)18-8-9-1-4-11(16)7-13(9)17/h1-7H,8H2,(H2,18,19,20). The molecule has 0 fully saturated rings. The molecule has 0 saturated carbocycles. The Morgan fingerprint density at radius 3 is 2.45 bits per heavy atom. The van der Waals surface area contributed by atoms with Crippen LogP contribution in [0.2, 0.25) is 0 Å². The van der Waals surface area contributed by atoms with Gasteiger partial charge in [-0.2, -0.15) is 0 Å². The van der Waals surface area contributed by atoms with Gasteiger partial charge in [0.15, 0.2) is 0 Å². The normalized spacial score (nSPS) is 10.2. The maximum Gasteiger partial charge on any atom is 0.319 e. The summed E-state index contributed by atoms with van der Waals surface area (Å²) in [6.45, 7) is -0.0194.